The molecular weight excluding hydrogens is 258 g/mol. The van der Waals surface area contributed by atoms with Gasteiger partial charge in [0.1, 0.15) is 5.75 Å². The van der Waals surface area contributed by atoms with E-state index in [0.29, 0.717) is 0 Å². The Morgan fingerprint density at radius 3 is 2.67 bits per heavy atom. The van der Waals surface area contributed by atoms with E-state index in [-0.39, 0.29) is 18.9 Å². The third-order valence-corrected chi connectivity index (χ3v) is 2.87. The zero-order valence-electron chi connectivity index (χ0n) is 9.76. The number of hydrogen-bond donors (Lipinski definition) is 0. The lowest BCUT2D eigenvalue weighted by Gasteiger charge is -2.15. The molecule has 6 heteroatoms. The molecule has 5 nitrogen and oxygen atoms in total. The van der Waals surface area contributed by atoms with Crippen LogP contribution < -0.4 is 4.74 Å². The minimum absolute atomic E-state index is 0.00150. The van der Waals surface area contributed by atoms with E-state index < -0.39 is 11.3 Å². The van der Waals surface area contributed by atoms with Gasteiger partial charge in [0.15, 0.2) is 6.10 Å². The average Bonchev–Trinajstić information content (AvgIpc) is 2.72. The molecule has 1 aliphatic heterocycles. The highest BCUT2D eigenvalue weighted by Gasteiger charge is 2.35. The van der Waals surface area contributed by atoms with Gasteiger partial charge in [-0.25, -0.2) is 5.06 Å². The number of nitrogens with zero attached hydrogens (tertiary/aromatic N) is 1. The first-order valence-corrected chi connectivity index (χ1v) is 5.77. The maximum Gasteiger partial charge on any atom is 0.253 e. The van der Waals surface area contributed by atoms with Crippen LogP contribution in [0.5, 0.6) is 5.75 Å². The molecule has 0 saturated carbocycles. The van der Waals surface area contributed by atoms with Gasteiger partial charge in [-0.2, -0.15) is 0 Å². The Labute approximate surface area is 109 Å². The summed E-state index contributed by atoms with van der Waals surface area (Å²) in [6.45, 7) is 0.281. The Kier molecular flexibility index (Phi) is 3.84. The monoisotopic (exact) mass is 269 g/mol. The highest BCUT2D eigenvalue weighted by atomic mass is 35.5. The van der Waals surface area contributed by atoms with Gasteiger partial charge in [0.05, 0.1) is 20.1 Å². The molecule has 0 bridgehead atoms. The van der Waals surface area contributed by atoms with E-state index in [4.69, 9.17) is 21.2 Å². The van der Waals surface area contributed by atoms with Crippen LogP contribution in [-0.4, -0.2) is 29.4 Å². The molecule has 0 N–H and O–H groups in total. The fourth-order valence-corrected chi connectivity index (χ4v) is 1.77. The Bertz CT molecular complexity index is 460. The topological polar surface area (TPSA) is 55.8 Å². The van der Waals surface area contributed by atoms with Crippen LogP contribution in [-0.2, 0) is 21.0 Å². The van der Waals surface area contributed by atoms with Crippen molar-refractivity contribution in [1.82, 2.24) is 5.06 Å². The largest absolute Gasteiger partial charge is 0.497 e. The molecule has 1 fully saturated rings. The predicted octanol–water partition coefficient (Wildman–Crippen LogP) is 1.49. The van der Waals surface area contributed by atoms with Gasteiger partial charge < -0.3 is 4.74 Å². The quantitative estimate of drug-likeness (QED) is 0.777. The summed E-state index contributed by atoms with van der Waals surface area (Å²) < 4.78 is 5.03. The van der Waals surface area contributed by atoms with Gasteiger partial charge in [-0.3, -0.25) is 14.4 Å². The van der Waals surface area contributed by atoms with E-state index in [9.17, 15) is 9.59 Å². The van der Waals surface area contributed by atoms with Gasteiger partial charge in [0.2, 0.25) is 5.91 Å². The van der Waals surface area contributed by atoms with Gasteiger partial charge in [0, 0.05) is 0 Å². The molecule has 2 rings (SSSR count). The fraction of sp³-hybridized carbons (Fsp3) is 0.333. The van der Waals surface area contributed by atoms with Gasteiger partial charge in [-0.1, -0.05) is 12.1 Å². The summed E-state index contributed by atoms with van der Waals surface area (Å²) in [6.07, 6.45) is -0.865. The molecule has 1 aromatic rings. The average molecular weight is 270 g/mol. The predicted molar refractivity (Wildman–Crippen MR) is 63.9 cm³/mol. The molecule has 1 unspecified atom stereocenters. The van der Waals surface area contributed by atoms with E-state index in [1.165, 1.54) is 0 Å². The number of methoxy groups -OCH3 is 1. The number of halogens is 1. The summed E-state index contributed by atoms with van der Waals surface area (Å²) in [5.41, 5.74) is 0.881. The van der Waals surface area contributed by atoms with Crippen LogP contribution >= 0.6 is 11.6 Å². The zero-order chi connectivity index (χ0) is 13.1. The first-order chi connectivity index (χ1) is 8.60. The lowest BCUT2D eigenvalue weighted by atomic mass is 10.2. The highest BCUT2D eigenvalue weighted by molar-refractivity contribution is 6.64. The third-order valence-electron chi connectivity index (χ3n) is 2.63. The minimum Gasteiger partial charge on any atom is -0.497 e. The summed E-state index contributed by atoms with van der Waals surface area (Å²) in [5, 5.41) is 0.507. The van der Waals surface area contributed by atoms with Crippen LogP contribution in [0.2, 0.25) is 0 Å². The standard InChI is InChI=1S/C12H12ClNO4/c1-17-9-4-2-8(3-5-9)7-14-11(15)6-10(18-14)12(13)16/h2-5,10H,6-7H2,1H3. The summed E-state index contributed by atoms with van der Waals surface area (Å²) in [7, 11) is 1.58. The van der Waals surface area contributed by atoms with Crippen molar-refractivity contribution in [3.8, 4) is 5.75 Å². The number of amides is 1. The number of rotatable bonds is 4. The Morgan fingerprint density at radius 2 is 2.17 bits per heavy atom. The summed E-state index contributed by atoms with van der Waals surface area (Å²) in [4.78, 5) is 27.7. The van der Waals surface area contributed by atoms with E-state index in [1.807, 2.05) is 12.1 Å². The van der Waals surface area contributed by atoms with Crippen LogP contribution in [0.3, 0.4) is 0 Å². The molecule has 1 aromatic carbocycles. The normalized spacial score (nSPS) is 19.1. The molecule has 1 heterocycles. The van der Waals surface area contributed by atoms with E-state index >= 15 is 0 Å². The third kappa shape index (κ3) is 2.80. The van der Waals surface area contributed by atoms with Crippen LogP contribution in [0.1, 0.15) is 12.0 Å². The van der Waals surface area contributed by atoms with Crippen molar-refractivity contribution in [2.75, 3.05) is 7.11 Å². The van der Waals surface area contributed by atoms with Gasteiger partial charge in [-0.15, -0.1) is 0 Å². The number of carbonyl (C=O) groups excluding carboxylic acids is 2. The number of hydroxylamine groups is 2. The van der Waals surface area contributed by atoms with Crippen LogP contribution in [0, 0.1) is 0 Å². The molecule has 0 aliphatic carbocycles. The fourth-order valence-electron chi connectivity index (χ4n) is 1.65. The Morgan fingerprint density at radius 1 is 1.50 bits per heavy atom. The van der Waals surface area contributed by atoms with E-state index in [2.05, 4.69) is 0 Å². The smallest absolute Gasteiger partial charge is 0.253 e. The number of benzene rings is 1. The molecule has 0 spiro atoms. The van der Waals surface area contributed by atoms with Crippen LogP contribution in [0.15, 0.2) is 24.3 Å². The summed E-state index contributed by atoms with van der Waals surface area (Å²) in [5.74, 6) is 0.492. The maximum atomic E-state index is 11.6. The van der Waals surface area contributed by atoms with Gasteiger partial charge in [-0.05, 0) is 29.3 Å². The molecule has 96 valence electrons. The van der Waals surface area contributed by atoms with Crippen molar-refractivity contribution < 1.29 is 19.2 Å². The molecular formula is C12H12ClNO4. The zero-order valence-corrected chi connectivity index (χ0v) is 10.5. The first-order valence-electron chi connectivity index (χ1n) is 5.39. The van der Waals surface area contributed by atoms with Crippen molar-refractivity contribution in [3.05, 3.63) is 29.8 Å². The minimum atomic E-state index is -0.864. The van der Waals surface area contributed by atoms with Crippen molar-refractivity contribution in [2.45, 2.75) is 19.1 Å². The highest BCUT2D eigenvalue weighted by Crippen LogP contribution is 2.21. The number of hydrogen-bond acceptors (Lipinski definition) is 4. The Balaban J connectivity index is 2.01. The number of ether oxygens (including phenoxy) is 1. The molecule has 0 aromatic heterocycles. The first kappa shape index (κ1) is 12.9. The molecule has 1 saturated heterocycles. The molecule has 18 heavy (non-hydrogen) atoms. The maximum absolute atomic E-state index is 11.6. The summed E-state index contributed by atoms with van der Waals surface area (Å²) >= 11 is 5.30. The second kappa shape index (κ2) is 5.37. The molecule has 1 aliphatic rings. The number of carbonyl (C=O) groups is 2. The molecule has 1 amide bonds. The van der Waals surface area contributed by atoms with Crippen molar-refractivity contribution in [1.29, 1.82) is 0 Å². The van der Waals surface area contributed by atoms with E-state index in [1.54, 1.807) is 19.2 Å². The second-order valence-electron chi connectivity index (χ2n) is 3.88. The van der Waals surface area contributed by atoms with Crippen LogP contribution in [0.4, 0.5) is 0 Å². The lowest BCUT2D eigenvalue weighted by Crippen LogP contribution is -2.24. The Hall–Kier alpha value is -1.59. The lowest BCUT2D eigenvalue weighted by molar-refractivity contribution is -0.177. The van der Waals surface area contributed by atoms with Gasteiger partial charge in [0.25, 0.3) is 5.24 Å². The van der Waals surface area contributed by atoms with Crippen molar-refractivity contribution >= 4 is 22.8 Å². The van der Waals surface area contributed by atoms with Gasteiger partial charge >= 0.3 is 0 Å². The molecule has 1 atom stereocenters. The summed E-state index contributed by atoms with van der Waals surface area (Å²) in [6, 6.07) is 7.23. The SMILES string of the molecule is COc1ccc(CN2OC(C(=O)Cl)CC2=O)cc1. The van der Waals surface area contributed by atoms with E-state index in [0.717, 1.165) is 16.4 Å². The van der Waals surface area contributed by atoms with Crippen molar-refractivity contribution in [3.63, 3.8) is 0 Å². The van der Waals surface area contributed by atoms with Crippen molar-refractivity contribution in [2.24, 2.45) is 0 Å². The van der Waals surface area contributed by atoms with Crippen LogP contribution in [0.25, 0.3) is 0 Å². The second-order valence-corrected chi connectivity index (χ2v) is 4.25. The molecule has 0 radical (unpaired) electrons.